The number of hydrogen-bond donors (Lipinski definition) is 1. The van der Waals surface area contributed by atoms with E-state index >= 15 is 0 Å². The Labute approximate surface area is 147 Å². The van der Waals surface area contributed by atoms with Crippen LogP contribution < -0.4 is 0 Å². The molecule has 124 valence electrons. The molecule has 0 aliphatic heterocycles. The minimum absolute atomic E-state index is 0.648. The van der Waals surface area contributed by atoms with Crippen molar-refractivity contribution < 1.29 is 4.74 Å². The first kappa shape index (κ1) is 15.6. The number of fused-ring (bicyclic) bond motifs is 1. The molecule has 4 rings (SSSR count). The lowest BCUT2D eigenvalue weighted by molar-refractivity contribution is 0.185. The predicted molar refractivity (Wildman–Crippen MR) is 102 cm³/mol. The lowest BCUT2D eigenvalue weighted by atomic mass is 9.99. The molecule has 0 radical (unpaired) electrons. The number of ether oxygens (including phenoxy) is 1. The van der Waals surface area contributed by atoms with Crippen molar-refractivity contribution in [1.29, 1.82) is 0 Å². The van der Waals surface area contributed by atoms with Crippen LogP contribution in [0.25, 0.3) is 33.3 Å². The molecule has 1 heterocycles. The van der Waals surface area contributed by atoms with Gasteiger partial charge < -0.3 is 9.72 Å². The molecule has 0 amide bonds. The van der Waals surface area contributed by atoms with Crippen molar-refractivity contribution in [3.8, 4) is 22.3 Å². The number of aromatic amines is 1. The van der Waals surface area contributed by atoms with Crippen LogP contribution in [0.4, 0.5) is 0 Å². The molecule has 3 aromatic carbocycles. The highest BCUT2D eigenvalue weighted by Crippen LogP contribution is 2.27. The van der Waals surface area contributed by atoms with Crippen molar-refractivity contribution in [2.24, 2.45) is 0 Å². The maximum Gasteiger partial charge on any atom is 0.104 e. The van der Waals surface area contributed by atoms with Crippen LogP contribution in [0.15, 0.2) is 66.7 Å². The van der Waals surface area contributed by atoms with Crippen LogP contribution in [0, 0.1) is 6.92 Å². The SMILES string of the molecule is COCc1ccc(-c2ccc(-c3ccc4nc(C)[nH]c4c3)cc2)cc1. The Balaban J connectivity index is 1.62. The molecule has 0 unspecified atom stereocenters. The summed E-state index contributed by atoms with van der Waals surface area (Å²) >= 11 is 0. The van der Waals surface area contributed by atoms with Gasteiger partial charge in [0.1, 0.15) is 5.82 Å². The summed E-state index contributed by atoms with van der Waals surface area (Å²) in [6.45, 7) is 2.63. The Kier molecular flexibility index (Phi) is 4.08. The van der Waals surface area contributed by atoms with E-state index in [1.807, 2.05) is 6.92 Å². The molecule has 4 aromatic rings. The van der Waals surface area contributed by atoms with Gasteiger partial charge in [0.05, 0.1) is 17.6 Å². The van der Waals surface area contributed by atoms with Crippen molar-refractivity contribution in [2.45, 2.75) is 13.5 Å². The molecule has 25 heavy (non-hydrogen) atoms. The van der Waals surface area contributed by atoms with Gasteiger partial charge >= 0.3 is 0 Å². The van der Waals surface area contributed by atoms with Crippen LogP contribution >= 0.6 is 0 Å². The van der Waals surface area contributed by atoms with Gasteiger partial charge in [-0.2, -0.15) is 0 Å². The highest BCUT2D eigenvalue weighted by atomic mass is 16.5. The van der Waals surface area contributed by atoms with E-state index in [9.17, 15) is 0 Å². The fourth-order valence-electron chi connectivity index (χ4n) is 3.13. The van der Waals surface area contributed by atoms with E-state index in [2.05, 4.69) is 76.7 Å². The molecule has 1 aromatic heterocycles. The van der Waals surface area contributed by atoms with Crippen molar-refractivity contribution in [3.63, 3.8) is 0 Å². The minimum atomic E-state index is 0.648. The van der Waals surface area contributed by atoms with Gasteiger partial charge in [0, 0.05) is 7.11 Å². The van der Waals surface area contributed by atoms with Crippen LogP contribution in [-0.4, -0.2) is 17.1 Å². The summed E-state index contributed by atoms with van der Waals surface area (Å²) in [4.78, 5) is 7.76. The molecule has 0 spiro atoms. The quantitative estimate of drug-likeness (QED) is 0.548. The lowest BCUT2D eigenvalue weighted by Crippen LogP contribution is -1.87. The average molecular weight is 328 g/mol. The lowest BCUT2D eigenvalue weighted by Gasteiger charge is -2.06. The van der Waals surface area contributed by atoms with E-state index in [0.29, 0.717) is 6.61 Å². The Morgan fingerprint density at radius 1 is 0.800 bits per heavy atom. The van der Waals surface area contributed by atoms with E-state index in [-0.39, 0.29) is 0 Å². The van der Waals surface area contributed by atoms with E-state index < -0.39 is 0 Å². The Hall–Kier alpha value is -2.91. The molecule has 0 saturated heterocycles. The number of rotatable bonds is 4. The summed E-state index contributed by atoms with van der Waals surface area (Å²) in [5, 5.41) is 0. The third kappa shape index (κ3) is 3.19. The number of methoxy groups -OCH3 is 1. The van der Waals surface area contributed by atoms with Crippen LogP contribution in [-0.2, 0) is 11.3 Å². The molecule has 0 bridgehead atoms. The van der Waals surface area contributed by atoms with Crippen LogP contribution in [0.5, 0.6) is 0 Å². The number of benzene rings is 3. The summed E-state index contributed by atoms with van der Waals surface area (Å²) in [5.41, 5.74) is 8.09. The average Bonchev–Trinajstić information content (AvgIpc) is 3.02. The molecule has 0 aliphatic carbocycles. The number of aryl methyl sites for hydroxylation is 1. The van der Waals surface area contributed by atoms with E-state index in [0.717, 1.165) is 16.9 Å². The molecule has 0 aliphatic rings. The molecule has 0 atom stereocenters. The van der Waals surface area contributed by atoms with Gasteiger partial charge in [-0.25, -0.2) is 4.98 Å². The molecule has 0 fully saturated rings. The molecular weight excluding hydrogens is 308 g/mol. The van der Waals surface area contributed by atoms with Gasteiger partial charge in [-0.3, -0.25) is 0 Å². The summed E-state index contributed by atoms with van der Waals surface area (Å²) < 4.78 is 5.16. The summed E-state index contributed by atoms with van der Waals surface area (Å²) in [7, 11) is 1.72. The van der Waals surface area contributed by atoms with Gasteiger partial charge in [-0.05, 0) is 46.9 Å². The van der Waals surface area contributed by atoms with Gasteiger partial charge in [0.2, 0.25) is 0 Å². The summed E-state index contributed by atoms with van der Waals surface area (Å²) in [5.74, 6) is 0.944. The van der Waals surface area contributed by atoms with Crippen molar-refractivity contribution in [1.82, 2.24) is 9.97 Å². The molecular formula is C22H20N2O. The zero-order chi connectivity index (χ0) is 17.2. The Morgan fingerprint density at radius 2 is 1.36 bits per heavy atom. The second-order valence-corrected chi connectivity index (χ2v) is 6.26. The Bertz CT molecular complexity index is 999. The van der Waals surface area contributed by atoms with Gasteiger partial charge in [0.25, 0.3) is 0 Å². The molecule has 0 saturated carbocycles. The van der Waals surface area contributed by atoms with Crippen molar-refractivity contribution in [2.75, 3.05) is 7.11 Å². The fourth-order valence-corrected chi connectivity index (χ4v) is 3.13. The number of H-pyrrole nitrogens is 1. The van der Waals surface area contributed by atoms with E-state index in [1.54, 1.807) is 7.11 Å². The summed E-state index contributed by atoms with van der Waals surface area (Å²) in [6.07, 6.45) is 0. The minimum Gasteiger partial charge on any atom is -0.380 e. The van der Waals surface area contributed by atoms with Gasteiger partial charge in [-0.15, -0.1) is 0 Å². The fraction of sp³-hybridized carbons (Fsp3) is 0.136. The zero-order valence-electron chi connectivity index (χ0n) is 14.4. The highest BCUT2D eigenvalue weighted by molar-refractivity contribution is 5.82. The monoisotopic (exact) mass is 328 g/mol. The molecule has 3 nitrogen and oxygen atoms in total. The molecule has 1 N–H and O–H groups in total. The van der Waals surface area contributed by atoms with Crippen molar-refractivity contribution >= 4 is 11.0 Å². The first-order chi connectivity index (χ1) is 12.2. The normalized spacial score (nSPS) is 11.1. The van der Waals surface area contributed by atoms with E-state index in [4.69, 9.17) is 4.74 Å². The van der Waals surface area contributed by atoms with Crippen LogP contribution in [0.2, 0.25) is 0 Å². The van der Waals surface area contributed by atoms with Crippen LogP contribution in [0.1, 0.15) is 11.4 Å². The molecule has 3 heteroatoms. The first-order valence-electron chi connectivity index (χ1n) is 8.38. The Morgan fingerprint density at radius 3 is 2.00 bits per heavy atom. The van der Waals surface area contributed by atoms with Crippen LogP contribution in [0.3, 0.4) is 0 Å². The number of aromatic nitrogens is 2. The van der Waals surface area contributed by atoms with Gasteiger partial charge in [0.15, 0.2) is 0 Å². The smallest absolute Gasteiger partial charge is 0.104 e. The number of imidazole rings is 1. The van der Waals surface area contributed by atoms with Crippen molar-refractivity contribution in [3.05, 3.63) is 78.1 Å². The second kappa shape index (κ2) is 6.54. The maximum absolute atomic E-state index is 5.16. The summed E-state index contributed by atoms with van der Waals surface area (Å²) in [6, 6.07) is 23.5. The third-order valence-electron chi connectivity index (χ3n) is 4.42. The standard InChI is InChI=1S/C22H20N2O/c1-15-23-21-12-11-20(13-22(21)24-15)19-9-7-18(8-10-19)17-5-3-16(4-6-17)14-25-2/h3-13H,14H2,1-2H3,(H,23,24). The van der Waals surface area contributed by atoms with E-state index in [1.165, 1.54) is 27.8 Å². The highest BCUT2D eigenvalue weighted by Gasteiger charge is 2.04. The first-order valence-corrected chi connectivity index (χ1v) is 8.38. The number of nitrogens with one attached hydrogen (secondary N) is 1. The third-order valence-corrected chi connectivity index (χ3v) is 4.42. The largest absolute Gasteiger partial charge is 0.380 e. The number of nitrogens with zero attached hydrogens (tertiary/aromatic N) is 1. The zero-order valence-corrected chi connectivity index (χ0v) is 14.4. The maximum atomic E-state index is 5.16. The predicted octanol–water partition coefficient (Wildman–Crippen LogP) is 5.35. The second-order valence-electron chi connectivity index (χ2n) is 6.26. The number of hydrogen-bond acceptors (Lipinski definition) is 2. The topological polar surface area (TPSA) is 37.9 Å². The van der Waals surface area contributed by atoms with Gasteiger partial charge in [-0.1, -0.05) is 54.6 Å².